The molecule has 0 fully saturated rings. The molecule has 2 heterocycles. The summed E-state index contributed by atoms with van der Waals surface area (Å²) >= 11 is 0. The van der Waals surface area contributed by atoms with E-state index in [1.807, 2.05) is 49.4 Å². The first-order valence-electron chi connectivity index (χ1n) is 8.88. The highest BCUT2D eigenvalue weighted by molar-refractivity contribution is 6.01. The van der Waals surface area contributed by atoms with Gasteiger partial charge in [-0.3, -0.25) is 0 Å². The highest BCUT2D eigenvalue weighted by atomic mass is 16.5. The first-order valence-corrected chi connectivity index (χ1v) is 8.88. The number of hydrogen-bond donors (Lipinski definition) is 1. The van der Waals surface area contributed by atoms with Crippen LogP contribution in [0.15, 0.2) is 46.9 Å². The second-order valence-corrected chi connectivity index (χ2v) is 6.19. The first-order chi connectivity index (χ1) is 13.6. The number of rotatable bonds is 5. The summed E-state index contributed by atoms with van der Waals surface area (Å²) in [6, 6.07) is 13.7. The summed E-state index contributed by atoms with van der Waals surface area (Å²) in [5.41, 5.74) is 3.79. The van der Waals surface area contributed by atoms with E-state index in [4.69, 9.17) is 13.9 Å². The molecule has 0 radical (unpaired) electrons. The smallest absolute Gasteiger partial charge is 0.361 e. The Hall–Kier alpha value is -3.61. The van der Waals surface area contributed by atoms with Gasteiger partial charge in [-0.05, 0) is 31.5 Å². The predicted molar refractivity (Wildman–Crippen MR) is 104 cm³/mol. The molecule has 2 aromatic carbocycles. The Balaban J connectivity index is 1.91. The van der Waals surface area contributed by atoms with Crippen molar-refractivity contribution in [3.63, 3.8) is 0 Å². The third-order valence-corrected chi connectivity index (χ3v) is 4.52. The second kappa shape index (κ2) is 7.19. The van der Waals surface area contributed by atoms with E-state index < -0.39 is 5.97 Å². The highest BCUT2D eigenvalue weighted by Gasteiger charge is 2.24. The van der Waals surface area contributed by atoms with E-state index in [0.717, 1.165) is 22.3 Å². The summed E-state index contributed by atoms with van der Waals surface area (Å²) in [6.07, 6.45) is 0. The number of carbonyl (C=O) groups excluding carboxylic acids is 1. The minimum absolute atomic E-state index is 0.103. The van der Waals surface area contributed by atoms with Crippen LogP contribution in [0, 0.1) is 6.92 Å². The zero-order valence-electron chi connectivity index (χ0n) is 15.8. The van der Waals surface area contributed by atoms with Gasteiger partial charge >= 0.3 is 5.97 Å². The molecule has 1 N–H and O–H groups in total. The fourth-order valence-corrected chi connectivity index (χ4v) is 3.32. The van der Waals surface area contributed by atoms with Crippen LogP contribution in [0.1, 0.15) is 23.2 Å². The minimum Gasteiger partial charge on any atom is -0.496 e. The zero-order chi connectivity index (χ0) is 19.7. The van der Waals surface area contributed by atoms with Crippen LogP contribution < -0.4 is 4.74 Å². The number of carbonyl (C=O) groups is 1. The third kappa shape index (κ3) is 2.90. The normalized spacial score (nSPS) is 11.0. The van der Waals surface area contributed by atoms with E-state index in [1.54, 1.807) is 14.0 Å². The minimum atomic E-state index is -0.547. The van der Waals surface area contributed by atoms with Crippen LogP contribution in [0.25, 0.3) is 33.4 Å². The number of nitrogens with one attached hydrogen (secondary N) is 1. The number of esters is 1. The molecule has 7 heteroatoms. The van der Waals surface area contributed by atoms with Crippen molar-refractivity contribution in [1.82, 2.24) is 15.4 Å². The molecule has 0 unspecified atom stereocenters. The van der Waals surface area contributed by atoms with E-state index in [9.17, 15) is 4.79 Å². The number of aromatic amines is 1. The van der Waals surface area contributed by atoms with Crippen molar-refractivity contribution >= 4 is 16.9 Å². The number of hydrogen-bond acceptors (Lipinski definition) is 6. The number of benzene rings is 2. The molecule has 4 aromatic rings. The lowest BCUT2D eigenvalue weighted by molar-refractivity contribution is 0.0520. The molecular formula is C21H19N3O4. The summed E-state index contributed by atoms with van der Waals surface area (Å²) in [5, 5.41) is 11.5. The molecule has 0 saturated carbocycles. The van der Waals surface area contributed by atoms with Crippen LogP contribution >= 0.6 is 0 Å². The Labute approximate surface area is 161 Å². The fourth-order valence-electron chi connectivity index (χ4n) is 3.32. The van der Waals surface area contributed by atoms with E-state index in [1.165, 1.54) is 0 Å². The van der Waals surface area contributed by atoms with Crippen molar-refractivity contribution in [2.45, 2.75) is 13.8 Å². The van der Waals surface area contributed by atoms with Gasteiger partial charge in [0.25, 0.3) is 0 Å². The van der Waals surface area contributed by atoms with Gasteiger partial charge in [-0.1, -0.05) is 30.3 Å². The number of fused-ring (bicyclic) bond motifs is 1. The van der Waals surface area contributed by atoms with Gasteiger partial charge in [0.05, 0.1) is 19.3 Å². The van der Waals surface area contributed by atoms with Gasteiger partial charge in [-0.25, -0.2) is 4.79 Å². The summed E-state index contributed by atoms with van der Waals surface area (Å²) in [6.45, 7) is 3.91. The maximum atomic E-state index is 12.2. The number of furan rings is 1. The predicted octanol–water partition coefficient (Wildman–Crippen LogP) is 4.38. The van der Waals surface area contributed by atoms with Crippen molar-refractivity contribution in [1.29, 1.82) is 0 Å². The Kier molecular flexibility index (Phi) is 4.57. The molecule has 0 aliphatic rings. The van der Waals surface area contributed by atoms with E-state index in [0.29, 0.717) is 22.6 Å². The first kappa shape index (κ1) is 17.8. The fraction of sp³-hybridized carbons (Fsp3) is 0.190. The maximum Gasteiger partial charge on any atom is 0.361 e. The second-order valence-electron chi connectivity index (χ2n) is 6.19. The number of ether oxygens (including phenoxy) is 2. The van der Waals surface area contributed by atoms with Crippen molar-refractivity contribution in [3.05, 3.63) is 53.9 Å². The Morgan fingerprint density at radius 2 is 1.96 bits per heavy atom. The molecule has 0 bridgehead atoms. The molecule has 2 aromatic heterocycles. The number of methoxy groups -OCH3 is 1. The molecule has 0 spiro atoms. The standard InChI is InChI=1S/C21H19N3O4/c1-4-27-21(25)20-19(22-24-23-20)15-11-17-14(10-16(15)26-3)18(12(2)28-17)13-8-6-5-7-9-13/h5-11H,4H2,1-3H3,(H,22,23,24). The number of aryl methyl sites for hydroxylation is 1. The Bertz CT molecular complexity index is 1150. The van der Waals surface area contributed by atoms with E-state index in [-0.39, 0.29) is 12.3 Å². The van der Waals surface area contributed by atoms with Gasteiger partial charge in [0.2, 0.25) is 0 Å². The van der Waals surface area contributed by atoms with Gasteiger partial charge in [0, 0.05) is 10.9 Å². The quantitative estimate of drug-likeness (QED) is 0.519. The average Bonchev–Trinajstić information content (AvgIpc) is 3.31. The number of nitrogens with zero attached hydrogens (tertiary/aromatic N) is 2. The number of aromatic nitrogens is 3. The Morgan fingerprint density at radius 3 is 2.68 bits per heavy atom. The lowest BCUT2D eigenvalue weighted by Crippen LogP contribution is -2.07. The van der Waals surface area contributed by atoms with E-state index in [2.05, 4.69) is 15.4 Å². The summed E-state index contributed by atoms with van der Waals surface area (Å²) in [5.74, 6) is 0.810. The molecule has 0 aliphatic carbocycles. The topological polar surface area (TPSA) is 90.2 Å². The van der Waals surface area contributed by atoms with Crippen molar-refractivity contribution < 1.29 is 18.7 Å². The zero-order valence-corrected chi connectivity index (χ0v) is 15.8. The maximum absolute atomic E-state index is 12.2. The molecular weight excluding hydrogens is 358 g/mol. The van der Waals surface area contributed by atoms with Crippen LogP contribution in [0.3, 0.4) is 0 Å². The molecule has 28 heavy (non-hydrogen) atoms. The van der Waals surface area contributed by atoms with Crippen LogP contribution in [0.2, 0.25) is 0 Å². The summed E-state index contributed by atoms with van der Waals surface area (Å²) < 4.78 is 16.7. The van der Waals surface area contributed by atoms with Gasteiger partial charge in [-0.15, -0.1) is 5.10 Å². The third-order valence-electron chi connectivity index (χ3n) is 4.52. The van der Waals surface area contributed by atoms with Crippen LogP contribution in [0.4, 0.5) is 0 Å². The van der Waals surface area contributed by atoms with Crippen molar-refractivity contribution in [3.8, 4) is 28.1 Å². The lowest BCUT2D eigenvalue weighted by Gasteiger charge is -2.08. The SMILES string of the molecule is CCOC(=O)c1n[nH]nc1-c1cc2oc(C)c(-c3ccccc3)c2cc1OC. The molecule has 0 atom stereocenters. The molecule has 4 rings (SSSR count). The van der Waals surface area contributed by atoms with E-state index >= 15 is 0 Å². The van der Waals surface area contributed by atoms with Crippen LogP contribution in [0.5, 0.6) is 5.75 Å². The molecule has 0 saturated heterocycles. The average molecular weight is 377 g/mol. The van der Waals surface area contributed by atoms with Gasteiger partial charge < -0.3 is 13.9 Å². The van der Waals surface area contributed by atoms with Crippen molar-refractivity contribution in [2.24, 2.45) is 0 Å². The summed E-state index contributed by atoms with van der Waals surface area (Å²) in [7, 11) is 1.57. The van der Waals surface area contributed by atoms with Crippen LogP contribution in [-0.2, 0) is 4.74 Å². The number of H-pyrrole nitrogens is 1. The lowest BCUT2D eigenvalue weighted by atomic mass is 10.00. The molecule has 0 amide bonds. The van der Waals surface area contributed by atoms with Crippen LogP contribution in [-0.4, -0.2) is 35.1 Å². The highest BCUT2D eigenvalue weighted by Crippen LogP contribution is 2.41. The van der Waals surface area contributed by atoms with Gasteiger partial charge in [0.1, 0.15) is 22.8 Å². The largest absolute Gasteiger partial charge is 0.496 e. The Morgan fingerprint density at radius 1 is 1.18 bits per heavy atom. The monoisotopic (exact) mass is 377 g/mol. The van der Waals surface area contributed by atoms with Gasteiger partial charge in [0.15, 0.2) is 5.69 Å². The van der Waals surface area contributed by atoms with Crippen molar-refractivity contribution in [2.75, 3.05) is 13.7 Å². The molecule has 142 valence electrons. The summed E-state index contributed by atoms with van der Waals surface area (Å²) in [4.78, 5) is 12.2. The molecule has 0 aliphatic heterocycles. The molecule has 7 nitrogen and oxygen atoms in total. The van der Waals surface area contributed by atoms with Gasteiger partial charge in [-0.2, -0.15) is 10.3 Å².